The van der Waals surface area contributed by atoms with Crippen LogP contribution in [0.1, 0.15) is 0 Å². The van der Waals surface area contributed by atoms with Crippen LogP contribution in [0, 0.1) is 0 Å². The molecule has 0 spiro atoms. The van der Waals surface area contributed by atoms with Crippen LogP contribution in [0.5, 0.6) is 0 Å². The number of benzene rings is 13. The third kappa shape index (κ3) is 7.34. The fraction of sp³-hybridized carbons (Fsp3) is 0.127. The van der Waals surface area contributed by atoms with Crippen LogP contribution in [0.3, 0.4) is 0 Å². The molecule has 74 heavy (non-hydrogen) atoms. The van der Waals surface area contributed by atoms with Gasteiger partial charge in [0.15, 0.2) is 0 Å². The highest BCUT2D eigenvalue weighted by molar-refractivity contribution is 6.91. The van der Waals surface area contributed by atoms with Crippen molar-refractivity contribution in [3.63, 3.8) is 0 Å². The van der Waals surface area contributed by atoms with Crippen molar-refractivity contribution in [3.8, 4) is 55.6 Å². The first-order valence-corrected chi connectivity index (χ1v) is 37.1. The largest absolute Gasteiger partial charge is 0.0784 e. The Hall–Kier alpha value is -7.41. The maximum Gasteiger partial charge on any atom is 0.0784 e. The number of fused-ring (bicyclic) bond motifs is 4. The quantitative estimate of drug-likeness (QED) is 0.105. The topological polar surface area (TPSA) is 0 Å². The molecule has 0 bridgehead atoms. The highest BCUT2D eigenvalue weighted by Gasteiger charge is 2.28. The predicted octanol–water partition coefficient (Wildman–Crippen LogP) is 19.2. The minimum Gasteiger partial charge on any atom is -0.0656 e. The van der Waals surface area contributed by atoms with E-state index in [1.54, 1.807) is 0 Å². The van der Waals surface area contributed by atoms with Crippen LogP contribution in [0.4, 0.5) is 0 Å². The van der Waals surface area contributed by atoms with Crippen molar-refractivity contribution in [2.24, 2.45) is 0 Å². The van der Waals surface area contributed by atoms with E-state index in [-0.39, 0.29) is 0 Å². The number of hydrogen-bond acceptors (Lipinski definition) is 0. The van der Waals surface area contributed by atoms with E-state index in [4.69, 9.17) is 0 Å². The summed E-state index contributed by atoms with van der Waals surface area (Å²) in [6.45, 7) is 22.3. The summed E-state index contributed by atoms with van der Waals surface area (Å²) in [5.74, 6) is 0. The van der Waals surface area contributed by atoms with Gasteiger partial charge in [-0.3, -0.25) is 0 Å². The van der Waals surface area contributed by atoms with Crippen LogP contribution < -0.4 is 15.6 Å². The van der Waals surface area contributed by atoms with Gasteiger partial charge in [-0.25, -0.2) is 0 Å². The highest BCUT2D eigenvalue weighted by Crippen LogP contribution is 2.51. The van der Waals surface area contributed by atoms with Gasteiger partial charge in [0.05, 0.1) is 24.2 Å². The highest BCUT2D eigenvalue weighted by atomic mass is 28.3. The van der Waals surface area contributed by atoms with Gasteiger partial charge in [0, 0.05) is 0 Å². The summed E-state index contributed by atoms with van der Waals surface area (Å²) in [6.07, 6.45) is 0. The van der Waals surface area contributed by atoms with E-state index in [0.717, 1.165) is 0 Å². The van der Waals surface area contributed by atoms with E-state index in [1.165, 1.54) is 147 Å². The summed E-state index contributed by atoms with van der Waals surface area (Å²) >= 11 is 0. The van der Waals surface area contributed by atoms with Crippen LogP contribution in [0.25, 0.3) is 131 Å². The van der Waals surface area contributed by atoms with Gasteiger partial charge >= 0.3 is 0 Å². The summed E-state index contributed by atoms with van der Waals surface area (Å²) in [4.78, 5) is 0. The molecule has 0 atom stereocenters. The minimum atomic E-state index is -1.70. The Morgan fingerprint density at radius 2 is 0.432 bits per heavy atom. The van der Waals surface area contributed by atoms with Crippen molar-refractivity contribution >= 4 is 115 Å². The minimum absolute atomic E-state index is 1.23. The molecule has 0 radical (unpaired) electrons. The maximum atomic E-state index is 2.56. The van der Waals surface area contributed by atoms with E-state index in [0.29, 0.717) is 0 Å². The Balaban J connectivity index is 1.22. The van der Waals surface area contributed by atoms with Crippen LogP contribution in [-0.4, -0.2) is 24.2 Å². The third-order valence-electron chi connectivity index (χ3n) is 16.3. The molecule has 0 heterocycles. The Bertz CT molecular complexity index is 4290. The summed E-state index contributed by atoms with van der Waals surface area (Å²) < 4.78 is 0. The lowest BCUT2D eigenvalue weighted by atomic mass is 9.80. The first-order chi connectivity index (χ1) is 35.6. The monoisotopic (exact) mass is 998 g/mol. The van der Waals surface area contributed by atoms with Gasteiger partial charge in [-0.2, -0.15) is 0 Å². The van der Waals surface area contributed by atoms with Crippen molar-refractivity contribution in [1.29, 1.82) is 0 Å². The van der Waals surface area contributed by atoms with Crippen molar-refractivity contribution in [2.45, 2.75) is 58.9 Å². The van der Waals surface area contributed by atoms with Gasteiger partial charge in [-0.15, -0.1) is 0 Å². The van der Waals surface area contributed by atoms with E-state index in [1.807, 2.05) is 0 Å². The van der Waals surface area contributed by atoms with Gasteiger partial charge in [-0.05, 0) is 143 Å². The molecule has 0 aliphatic rings. The molecule has 3 heteroatoms. The first-order valence-electron chi connectivity index (χ1n) is 26.6. The fourth-order valence-electron chi connectivity index (χ4n) is 12.9. The molecule has 0 aliphatic heterocycles. The van der Waals surface area contributed by atoms with E-state index in [9.17, 15) is 0 Å². The molecule has 0 saturated carbocycles. The second kappa shape index (κ2) is 17.1. The first kappa shape index (κ1) is 46.4. The molecular formula is C71H62Si3. The summed E-state index contributed by atoms with van der Waals surface area (Å²) in [7, 11) is -5.08. The Kier molecular flexibility index (Phi) is 10.7. The van der Waals surface area contributed by atoms with Crippen LogP contribution in [0.15, 0.2) is 212 Å². The van der Waals surface area contributed by atoms with Crippen LogP contribution in [0.2, 0.25) is 58.9 Å². The fourth-order valence-corrected chi connectivity index (χ4v) is 17.7. The third-order valence-corrected chi connectivity index (χ3v) is 22.4. The average molecular weight is 1000 g/mol. The van der Waals surface area contributed by atoms with Crippen molar-refractivity contribution < 1.29 is 0 Å². The molecule has 0 nitrogen and oxygen atoms in total. The molecule has 13 aromatic rings. The Morgan fingerprint density at radius 1 is 0.189 bits per heavy atom. The molecule has 0 saturated heterocycles. The smallest absolute Gasteiger partial charge is 0.0656 e. The van der Waals surface area contributed by atoms with Crippen LogP contribution in [-0.2, 0) is 0 Å². The lowest BCUT2D eigenvalue weighted by molar-refractivity contribution is 1.64. The second-order valence-electron chi connectivity index (χ2n) is 24.0. The second-order valence-corrected chi connectivity index (χ2v) is 39.1. The standard InChI is InChI=1S/C71H62Si3/c1-72(2,3)67-40-37-53(49-25-15-18-28-56(49)67)64-43-63(52-32-31-46(45-21-11-10-12-22-45)47-23-13-14-24-48(47)52)59-33-34-61-65(54-38-41-68(73(4,5)6)57-29-19-16-26-50(54)57)44-66(62-36-35-60(64)70(59)71(61)62)55-39-42-69(74(7,8)9)58-30-20-17-27-51(55)58/h10-44H,1-9H3. The molecule has 13 rings (SSSR count). The predicted molar refractivity (Wildman–Crippen MR) is 336 cm³/mol. The van der Waals surface area contributed by atoms with Gasteiger partial charge < -0.3 is 0 Å². The van der Waals surface area contributed by atoms with Gasteiger partial charge in [0.25, 0.3) is 0 Å². The zero-order valence-electron chi connectivity index (χ0n) is 44.2. The lowest BCUT2D eigenvalue weighted by Crippen LogP contribution is -2.38. The van der Waals surface area contributed by atoms with E-state index >= 15 is 0 Å². The molecule has 0 unspecified atom stereocenters. The molecule has 0 aliphatic carbocycles. The molecule has 0 amide bonds. The van der Waals surface area contributed by atoms with Gasteiger partial charge in [-0.1, -0.05) is 275 Å². The van der Waals surface area contributed by atoms with Crippen molar-refractivity contribution in [3.05, 3.63) is 212 Å². The molecule has 0 fully saturated rings. The molecule has 0 N–H and O–H groups in total. The van der Waals surface area contributed by atoms with Gasteiger partial charge in [0.2, 0.25) is 0 Å². The molecule has 13 aromatic carbocycles. The zero-order chi connectivity index (χ0) is 50.8. The zero-order valence-corrected chi connectivity index (χ0v) is 47.2. The van der Waals surface area contributed by atoms with Crippen molar-refractivity contribution in [2.75, 3.05) is 0 Å². The SMILES string of the molecule is C[Si](C)(C)c1ccc(-c2cc(-c3ccc(-c4ccccc4)c4ccccc34)c3ccc4c(-c5ccc([Si](C)(C)C)c6ccccc56)cc(-c5ccc([Si](C)(C)C)c6ccccc56)c5ccc2c3c45)c2ccccc12. The summed E-state index contributed by atoms with van der Waals surface area (Å²) in [5, 5.41) is 23.0. The average Bonchev–Trinajstić information content (AvgIpc) is 3.40. The number of hydrogen-bond donors (Lipinski definition) is 0. The van der Waals surface area contributed by atoms with E-state index < -0.39 is 24.2 Å². The van der Waals surface area contributed by atoms with Crippen molar-refractivity contribution in [1.82, 2.24) is 0 Å². The molecule has 0 aromatic heterocycles. The normalized spacial score (nSPS) is 12.7. The molecule has 358 valence electrons. The Morgan fingerprint density at radius 3 is 0.743 bits per heavy atom. The Labute approximate surface area is 439 Å². The van der Waals surface area contributed by atoms with E-state index in [2.05, 4.69) is 271 Å². The summed E-state index contributed by atoms with van der Waals surface area (Å²) in [5.41, 5.74) is 12.7. The maximum absolute atomic E-state index is 2.56. The number of rotatable bonds is 8. The lowest BCUT2D eigenvalue weighted by Gasteiger charge is -2.25. The van der Waals surface area contributed by atoms with Gasteiger partial charge in [0.1, 0.15) is 0 Å². The molecular weight excluding hydrogens is 937 g/mol. The van der Waals surface area contributed by atoms with Crippen LogP contribution >= 0.6 is 0 Å². The summed E-state index contributed by atoms with van der Waals surface area (Å²) in [6, 6.07) is 82.1.